The third kappa shape index (κ3) is 7.18. The number of fused-ring (bicyclic) bond motifs is 3. The first kappa shape index (κ1) is 38.4. The molecule has 3 aliphatic rings. The highest BCUT2D eigenvalue weighted by Gasteiger charge is 2.49. The predicted molar refractivity (Wildman–Crippen MR) is 193 cm³/mol. The van der Waals surface area contributed by atoms with Crippen LogP contribution in [0.4, 0.5) is 0 Å². The molecule has 1 aliphatic heterocycles. The number of esters is 1. The molecule has 4 aromatic rings. The predicted octanol–water partition coefficient (Wildman–Crippen LogP) is 3.38. The molecule has 0 aromatic heterocycles. The molecular weight excluding hydrogens is 730 g/mol. The summed E-state index contributed by atoms with van der Waals surface area (Å²) >= 11 is 0. The number of para-hydroxylation sites is 2. The second-order valence-electron chi connectivity index (χ2n) is 13.9. The number of nitrogens with two attached hydrogens (primary N) is 1. The Hall–Kier alpha value is -5.84. The Bertz CT molecular complexity index is 2120. The number of aliphatic hydroxyl groups excluding tert-OH is 1. The van der Waals surface area contributed by atoms with Gasteiger partial charge in [-0.15, -0.1) is 0 Å². The Labute approximate surface area is 320 Å². The fraction of sp³-hybridized carbons (Fsp3) is 0.317. The third-order valence-electron chi connectivity index (χ3n) is 10.2. The number of phenolic OH excluding ortho intramolecular Hbond substituents is 2. The molecule has 1 saturated heterocycles. The summed E-state index contributed by atoms with van der Waals surface area (Å²) in [6, 6.07) is 20.2. The maximum absolute atomic E-state index is 14.3. The fourth-order valence-electron chi connectivity index (χ4n) is 7.19. The highest BCUT2D eigenvalue weighted by Crippen LogP contribution is 2.52. The average molecular weight is 770 g/mol. The van der Waals surface area contributed by atoms with Crippen LogP contribution >= 0.6 is 0 Å². The zero-order valence-electron chi connectivity index (χ0n) is 30.2. The van der Waals surface area contributed by atoms with E-state index in [0.717, 1.165) is 6.92 Å². The molecule has 1 fully saturated rings. The van der Waals surface area contributed by atoms with Crippen molar-refractivity contribution in [1.82, 2.24) is 0 Å². The van der Waals surface area contributed by atoms with Gasteiger partial charge in [-0.05, 0) is 44.2 Å². The van der Waals surface area contributed by atoms with Crippen LogP contribution in [0.3, 0.4) is 0 Å². The van der Waals surface area contributed by atoms with Crippen LogP contribution in [-0.2, 0) is 30.2 Å². The Balaban J connectivity index is 1.18. The minimum atomic E-state index is -2.09. The molecule has 56 heavy (non-hydrogen) atoms. The van der Waals surface area contributed by atoms with E-state index in [1.807, 2.05) is 0 Å². The number of benzene rings is 4. The first-order valence-electron chi connectivity index (χ1n) is 17.8. The lowest BCUT2D eigenvalue weighted by molar-refractivity contribution is -0.247. The van der Waals surface area contributed by atoms with Gasteiger partial charge in [-0.3, -0.25) is 14.4 Å². The van der Waals surface area contributed by atoms with Crippen LogP contribution in [0.2, 0.25) is 0 Å². The minimum Gasteiger partial charge on any atom is -0.507 e. The van der Waals surface area contributed by atoms with Gasteiger partial charge in [0.15, 0.2) is 17.9 Å². The molecule has 4 aromatic carbocycles. The van der Waals surface area contributed by atoms with E-state index in [1.54, 1.807) is 67.6 Å². The van der Waals surface area contributed by atoms with E-state index in [4.69, 9.17) is 34.2 Å². The zero-order valence-corrected chi connectivity index (χ0v) is 30.2. The normalized spacial score (nSPS) is 24.1. The molecule has 1 heterocycles. The summed E-state index contributed by atoms with van der Waals surface area (Å²) in [6.45, 7) is 1.98. The van der Waals surface area contributed by atoms with Crippen molar-refractivity contribution in [1.29, 1.82) is 0 Å². The zero-order chi connectivity index (χ0) is 39.9. The van der Waals surface area contributed by atoms with Crippen LogP contribution in [0.25, 0.3) is 0 Å². The Morgan fingerprint density at radius 2 is 1.52 bits per heavy atom. The van der Waals surface area contributed by atoms with Gasteiger partial charge in [0.1, 0.15) is 34.3 Å². The second kappa shape index (κ2) is 15.4. The summed E-state index contributed by atoms with van der Waals surface area (Å²) in [4.78, 5) is 54.4. The average Bonchev–Trinajstić information content (AvgIpc) is 3.17. The van der Waals surface area contributed by atoms with Crippen LogP contribution in [-0.4, -0.2) is 87.0 Å². The Morgan fingerprint density at radius 1 is 0.893 bits per heavy atom. The highest BCUT2D eigenvalue weighted by atomic mass is 16.7. The summed E-state index contributed by atoms with van der Waals surface area (Å²) < 4.78 is 34.5. The van der Waals surface area contributed by atoms with Crippen LogP contribution in [0, 0.1) is 0 Å². The molecule has 4 unspecified atom stereocenters. The minimum absolute atomic E-state index is 0.00109. The molecule has 292 valence electrons. The number of carbonyl (C=O) groups is 4. The van der Waals surface area contributed by atoms with Crippen molar-refractivity contribution in [2.24, 2.45) is 5.73 Å². The van der Waals surface area contributed by atoms with Crippen molar-refractivity contribution in [2.45, 2.75) is 75.6 Å². The van der Waals surface area contributed by atoms with Gasteiger partial charge < -0.3 is 54.6 Å². The van der Waals surface area contributed by atoms with E-state index in [9.17, 15) is 39.6 Å². The quantitative estimate of drug-likeness (QED) is 0.0737. The smallest absolute Gasteiger partial charge is 0.392 e. The summed E-state index contributed by atoms with van der Waals surface area (Å²) in [5.41, 5.74) is 2.11. The SMILES string of the molecule is CC(=O)[C@]1(O)Cc2c(O)c3c(c(O)c2[C@@H](OC2CC(N)C(O)C(C)O2)C1)C(=O)c1c(OCOC(=O)C(Oc2ccccc2)Oc2ccccc2)cccc1C3=O. The van der Waals surface area contributed by atoms with E-state index < -0.39 is 108 Å². The van der Waals surface area contributed by atoms with Crippen molar-refractivity contribution in [3.8, 4) is 28.7 Å². The van der Waals surface area contributed by atoms with Gasteiger partial charge in [0.05, 0.1) is 35.0 Å². The summed E-state index contributed by atoms with van der Waals surface area (Å²) in [5, 5.41) is 45.2. The Morgan fingerprint density at radius 3 is 2.12 bits per heavy atom. The van der Waals surface area contributed by atoms with Gasteiger partial charge in [0.25, 0.3) is 0 Å². The van der Waals surface area contributed by atoms with Crippen molar-refractivity contribution >= 4 is 23.3 Å². The number of ether oxygens (including phenoxy) is 6. The van der Waals surface area contributed by atoms with E-state index in [2.05, 4.69) is 0 Å². The molecule has 0 spiro atoms. The number of aromatic hydroxyl groups is 2. The molecule has 0 amide bonds. The van der Waals surface area contributed by atoms with Gasteiger partial charge in [0.2, 0.25) is 12.6 Å². The molecule has 0 saturated carbocycles. The molecule has 7 rings (SSSR count). The van der Waals surface area contributed by atoms with Crippen molar-refractivity contribution in [3.05, 3.63) is 112 Å². The number of aliphatic hydroxyl groups is 2. The Kier molecular flexibility index (Phi) is 10.5. The third-order valence-corrected chi connectivity index (χ3v) is 10.2. The van der Waals surface area contributed by atoms with Gasteiger partial charge >= 0.3 is 12.3 Å². The van der Waals surface area contributed by atoms with E-state index in [1.165, 1.54) is 18.2 Å². The summed E-state index contributed by atoms with van der Waals surface area (Å²) in [6.07, 6.45) is -6.65. The summed E-state index contributed by atoms with van der Waals surface area (Å²) in [7, 11) is 0. The number of hydrogen-bond acceptors (Lipinski definition) is 15. The van der Waals surface area contributed by atoms with Crippen LogP contribution < -0.4 is 19.9 Å². The molecular formula is C41H39NO14. The van der Waals surface area contributed by atoms with Gasteiger partial charge in [-0.25, -0.2) is 4.79 Å². The maximum Gasteiger partial charge on any atom is 0.392 e. The summed E-state index contributed by atoms with van der Waals surface area (Å²) in [5.74, 6) is -4.42. The molecule has 0 bridgehead atoms. The number of ketones is 3. The van der Waals surface area contributed by atoms with Crippen molar-refractivity contribution < 1.29 is 68.0 Å². The lowest BCUT2D eigenvalue weighted by Crippen LogP contribution is -2.52. The molecule has 15 heteroatoms. The largest absolute Gasteiger partial charge is 0.507 e. The van der Waals surface area contributed by atoms with Crippen molar-refractivity contribution in [2.75, 3.05) is 6.79 Å². The van der Waals surface area contributed by atoms with E-state index in [0.29, 0.717) is 11.5 Å². The van der Waals surface area contributed by atoms with E-state index in [-0.39, 0.29) is 34.4 Å². The molecule has 6 N–H and O–H groups in total. The fourth-order valence-corrected chi connectivity index (χ4v) is 7.19. The van der Waals surface area contributed by atoms with Gasteiger partial charge in [-0.1, -0.05) is 48.5 Å². The number of hydrogen-bond donors (Lipinski definition) is 5. The van der Waals surface area contributed by atoms with E-state index >= 15 is 0 Å². The van der Waals surface area contributed by atoms with Crippen LogP contribution in [0.1, 0.15) is 75.8 Å². The maximum atomic E-state index is 14.3. The number of rotatable bonds is 11. The van der Waals surface area contributed by atoms with Crippen LogP contribution in [0.15, 0.2) is 78.9 Å². The van der Waals surface area contributed by atoms with Gasteiger partial charge in [-0.2, -0.15) is 0 Å². The molecule has 2 aliphatic carbocycles. The molecule has 0 radical (unpaired) electrons. The monoisotopic (exact) mass is 769 g/mol. The van der Waals surface area contributed by atoms with Gasteiger partial charge in [0, 0.05) is 42.0 Å². The van der Waals surface area contributed by atoms with Crippen molar-refractivity contribution in [3.63, 3.8) is 0 Å². The second-order valence-corrected chi connectivity index (χ2v) is 13.9. The topological polar surface area (TPSA) is 231 Å². The molecule has 6 atom stereocenters. The highest BCUT2D eigenvalue weighted by molar-refractivity contribution is 6.31. The number of phenols is 2. The molecule has 15 nitrogen and oxygen atoms in total. The van der Waals surface area contributed by atoms with Crippen LogP contribution in [0.5, 0.6) is 28.7 Å². The number of Topliss-reactive ketones (excluding diaryl/α,β-unsaturated/α-hetero) is 1. The first-order chi connectivity index (χ1) is 26.8. The lowest BCUT2D eigenvalue weighted by Gasteiger charge is -2.42. The number of carbonyl (C=O) groups excluding carboxylic acids is 4. The first-order valence-corrected chi connectivity index (χ1v) is 17.8. The lowest BCUT2D eigenvalue weighted by atomic mass is 9.72. The standard InChI is InChI=1S/C41H39NO14/c1-20-34(44)26(42)16-29(53-20)56-28-18-41(50,21(2)43)17-25-31(28)38(48)33-32(36(25)46)35(45)24-14-9-15-27(30(24)37(33)47)51-19-52-39(49)40(54-22-10-5-3-6-11-22)55-23-12-7-4-8-13-23/h3-15,20,26,28-29,34,40,44,46,48,50H,16-19,42H2,1-2H3/t20?,26?,28-,29?,34?,41-/m0/s1.